The summed E-state index contributed by atoms with van der Waals surface area (Å²) in [6.45, 7) is 2.08. The Labute approximate surface area is 148 Å². The topological polar surface area (TPSA) is 86.3 Å². The molecule has 1 fully saturated rings. The highest BCUT2D eigenvalue weighted by Crippen LogP contribution is 2.25. The van der Waals surface area contributed by atoms with E-state index in [1.165, 1.54) is 18.6 Å². The van der Waals surface area contributed by atoms with Crippen molar-refractivity contribution in [1.82, 2.24) is 9.62 Å². The van der Waals surface area contributed by atoms with Gasteiger partial charge in [0, 0.05) is 6.54 Å². The Hall–Kier alpha value is -2.14. The second-order valence-electron chi connectivity index (χ2n) is 6.12. The first-order chi connectivity index (χ1) is 12.1. The molecule has 7 heteroatoms. The maximum absolute atomic E-state index is 12.6. The van der Waals surface area contributed by atoms with Crippen LogP contribution in [-0.4, -0.2) is 33.0 Å². The molecule has 3 rings (SSSR count). The zero-order valence-electron chi connectivity index (χ0n) is 13.9. The van der Waals surface area contributed by atoms with Crippen molar-refractivity contribution in [3.05, 3.63) is 54.0 Å². The first-order valence-electron chi connectivity index (χ1n) is 8.37. The highest BCUT2D eigenvalue weighted by molar-refractivity contribution is 7.89. The smallest absolute Gasteiger partial charge is 0.240 e. The molecule has 25 heavy (non-hydrogen) atoms. The van der Waals surface area contributed by atoms with Crippen LogP contribution in [0.25, 0.3) is 0 Å². The highest BCUT2D eigenvalue weighted by Gasteiger charge is 2.26. The molecule has 132 valence electrons. The van der Waals surface area contributed by atoms with Crippen LogP contribution in [-0.2, 0) is 10.0 Å². The normalized spacial score (nSPS) is 17.1. The summed E-state index contributed by atoms with van der Waals surface area (Å²) in [7, 11) is -3.69. The van der Waals surface area contributed by atoms with Gasteiger partial charge in [-0.1, -0.05) is 12.5 Å². The first kappa shape index (κ1) is 17.7. The SMILES string of the molecule is N#Cc1cccc(S(=O)(=O)NC[C@H](c2ccco2)N2CCCCC2)c1. The molecule has 2 aromatic rings. The summed E-state index contributed by atoms with van der Waals surface area (Å²) in [5.74, 6) is 0.760. The number of hydrogen-bond acceptors (Lipinski definition) is 5. The van der Waals surface area contributed by atoms with Gasteiger partial charge in [-0.15, -0.1) is 0 Å². The molecule has 0 saturated carbocycles. The number of rotatable bonds is 6. The summed E-state index contributed by atoms with van der Waals surface area (Å²) < 4.78 is 33.4. The van der Waals surface area contributed by atoms with E-state index in [1.54, 1.807) is 18.4 Å². The van der Waals surface area contributed by atoms with Gasteiger partial charge >= 0.3 is 0 Å². The van der Waals surface area contributed by atoms with Crippen molar-refractivity contribution >= 4 is 10.0 Å². The first-order valence-corrected chi connectivity index (χ1v) is 9.86. The van der Waals surface area contributed by atoms with Gasteiger partial charge in [-0.05, 0) is 56.3 Å². The lowest BCUT2D eigenvalue weighted by Crippen LogP contribution is -2.40. The molecule has 0 spiro atoms. The number of hydrogen-bond donors (Lipinski definition) is 1. The molecule has 1 N–H and O–H groups in total. The van der Waals surface area contributed by atoms with Crippen molar-refractivity contribution in [3.8, 4) is 6.07 Å². The van der Waals surface area contributed by atoms with Crippen molar-refractivity contribution in [2.75, 3.05) is 19.6 Å². The summed E-state index contributed by atoms with van der Waals surface area (Å²) in [5.41, 5.74) is 0.321. The zero-order chi connectivity index (χ0) is 17.7. The summed E-state index contributed by atoms with van der Waals surface area (Å²) in [4.78, 5) is 2.36. The van der Waals surface area contributed by atoms with Gasteiger partial charge in [0.25, 0.3) is 0 Å². The summed E-state index contributed by atoms with van der Waals surface area (Å²) in [5, 5.41) is 8.96. The van der Waals surface area contributed by atoms with Crippen LogP contribution in [0.2, 0.25) is 0 Å². The summed E-state index contributed by atoms with van der Waals surface area (Å²) >= 11 is 0. The molecule has 0 aliphatic carbocycles. The number of nitrogens with zero attached hydrogens (tertiary/aromatic N) is 2. The Balaban J connectivity index is 1.77. The van der Waals surface area contributed by atoms with Gasteiger partial charge in [0.1, 0.15) is 5.76 Å². The fourth-order valence-electron chi connectivity index (χ4n) is 3.13. The van der Waals surface area contributed by atoms with Gasteiger partial charge < -0.3 is 4.42 Å². The number of furan rings is 1. The van der Waals surface area contributed by atoms with Crippen LogP contribution in [0.4, 0.5) is 0 Å². The van der Waals surface area contributed by atoms with Crippen molar-refractivity contribution in [2.24, 2.45) is 0 Å². The summed E-state index contributed by atoms with van der Waals surface area (Å²) in [6.07, 6.45) is 5.02. The lowest BCUT2D eigenvalue weighted by Gasteiger charge is -2.33. The quantitative estimate of drug-likeness (QED) is 0.857. The second-order valence-corrected chi connectivity index (χ2v) is 7.89. The van der Waals surface area contributed by atoms with Crippen molar-refractivity contribution in [2.45, 2.75) is 30.2 Å². The van der Waals surface area contributed by atoms with E-state index < -0.39 is 10.0 Å². The minimum absolute atomic E-state index is 0.100. The minimum atomic E-state index is -3.69. The zero-order valence-corrected chi connectivity index (χ0v) is 14.7. The Morgan fingerprint density at radius 3 is 2.68 bits per heavy atom. The summed E-state index contributed by atoms with van der Waals surface area (Å²) in [6, 6.07) is 11.5. The molecule has 1 atom stereocenters. The van der Waals surface area contributed by atoms with Crippen LogP contribution in [0, 0.1) is 11.3 Å². The molecule has 1 aliphatic heterocycles. The van der Waals surface area contributed by atoms with E-state index in [2.05, 4.69) is 9.62 Å². The molecule has 0 bridgehead atoms. The molecule has 6 nitrogen and oxygen atoms in total. The number of nitrogens with one attached hydrogen (secondary N) is 1. The molecule has 0 amide bonds. The molecule has 1 aromatic carbocycles. The van der Waals surface area contributed by atoms with Crippen LogP contribution in [0.5, 0.6) is 0 Å². The Morgan fingerprint density at radius 1 is 1.20 bits per heavy atom. The van der Waals surface area contributed by atoms with E-state index in [1.807, 2.05) is 18.2 Å². The third-order valence-electron chi connectivity index (χ3n) is 4.44. The van der Waals surface area contributed by atoms with Crippen LogP contribution in [0.15, 0.2) is 52.0 Å². The molecule has 0 unspecified atom stereocenters. The average molecular weight is 359 g/mol. The van der Waals surface area contributed by atoms with E-state index in [-0.39, 0.29) is 17.5 Å². The fourth-order valence-corrected chi connectivity index (χ4v) is 4.21. The van der Waals surface area contributed by atoms with Gasteiger partial charge in [0.05, 0.1) is 28.8 Å². The number of nitriles is 1. The van der Waals surface area contributed by atoms with E-state index in [4.69, 9.17) is 9.68 Å². The Morgan fingerprint density at radius 2 is 2.00 bits per heavy atom. The number of likely N-dealkylation sites (tertiary alicyclic amines) is 1. The van der Waals surface area contributed by atoms with Crippen molar-refractivity contribution in [3.63, 3.8) is 0 Å². The van der Waals surface area contributed by atoms with Crippen LogP contribution in [0.3, 0.4) is 0 Å². The molecule has 2 heterocycles. The molecule has 1 saturated heterocycles. The van der Waals surface area contributed by atoms with Gasteiger partial charge in [-0.3, -0.25) is 4.90 Å². The molecule has 0 radical (unpaired) electrons. The lowest BCUT2D eigenvalue weighted by molar-refractivity contribution is 0.147. The van der Waals surface area contributed by atoms with Gasteiger partial charge in [0.2, 0.25) is 10.0 Å². The van der Waals surface area contributed by atoms with Gasteiger partial charge in [-0.25, -0.2) is 13.1 Å². The number of piperidine rings is 1. The molecular weight excluding hydrogens is 338 g/mol. The van der Waals surface area contributed by atoms with Crippen LogP contribution in [0.1, 0.15) is 36.6 Å². The Kier molecular flexibility index (Phi) is 5.53. The predicted octanol–water partition coefficient (Wildman–Crippen LogP) is 2.66. The van der Waals surface area contributed by atoms with E-state index >= 15 is 0 Å². The monoisotopic (exact) mass is 359 g/mol. The number of sulfonamides is 1. The third-order valence-corrected chi connectivity index (χ3v) is 5.86. The highest BCUT2D eigenvalue weighted by atomic mass is 32.2. The lowest BCUT2D eigenvalue weighted by atomic mass is 10.1. The average Bonchev–Trinajstić information content (AvgIpc) is 3.17. The van der Waals surface area contributed by atoms with Gasteiger partial charge in [-0.2, -0.15) is 5.26 Å². The molecule has 1 aromatic heterocycles. The predicted molar refractivity (Wildman–Crippen MR) is 93.2 cm³/mol. The van der Waals surface area contributed by atoms with E-state index in [0.717, 1.165) is 31.7 Å². The minimum Gasteiger partial charge on any atom is -0.468 e. The second kappa shape index (κ2) is 7.83. The molecular formula is C18H21N3O3S. The van der Waals surface area contributed by atoms with Crippen LogP contribution < -0.4 is 4.72 Å². The van der Waals surface area contributed by atoms with Crippen LogP contribution >= 0.6 is 0 Å². The standard InChI is InChI=1S/C18H21N3O3S/c19-13-15-6-4-7-16(12-15)25(22,23)20-14-17(18-8-5-11-24-18)21-9-2-1-3-10-21/h4-8,11-12,17,20H,1-3,9-10,14H2/t17-/m1/s1. The Bertz CT molecular complexity index is 835. The van der Waals surface area contributed by atoms with Crippen molar-refractivity contribution in [1.29, 1.82) is 5.26 Å². The van der Waals surface area contributed by atoms with Gasteiger partial charge in [0.15, 0.2) is 0 Å². The van der Waals surface area contributed by atoms with E-state index in [0.29, 0.717) is 5.56 Å². The fraction of sp³-hybridized carbons (Fsp3) is 0.389. The maximum Gasteiger partial charge on any atom is 0.240 e. The van der Waals surface area contributed by atoms with Crippen molar-refractivity contribution < 1.29 is 12.8 Å². The van der Waals surface area contributed by atoms with E-state index in [9.17, 15) is 8.42 Å². The largest absolute Gasteiger partial charge is 0.468 e. The maximum atomic E-state index is 12.6. The number of benzene rings is 1. The molecule has 1 aliphatic rings. The third kappa shape index (κ3) is 4.28.